The van der Waals surface area contributed by atoms with Crippen LogP contribution in [0, 0.1) is 12.3 Å². The lowest BCUT2D eigenvalue weighted by Gasteiger charge is -2.04. The zero-order chi connectivity index (χ0) is 10.2. The van der Waals surface area contributed by atoms with Crippen LogP contribution >= 0.6 is 0 Å². The molecule has 0 bridgehead atoms. The number of amides is 1. The molecule has 14 heavy (non-hydrogen) atoms. The Morgan fingerprint density at radius 2 is 2.57 bits per heavy atom. The zero-order valence-electron chi connectivity index (χ0n) is 7.64. The van der Waals surface area contributed by atoms with Crippen molar-refractivity contribution in [3.05, 3.63) is 18.7 Å². The number of terminal acetylenes is 1. The van der Waals surface area contributed by atoms with E-state index in [0.717, 1.165) is 0 Å². The number of hydrogen-bond donors (Lipinski definition) is 1. The molecule has 0 fully saturated rings. The molecule has 0 aromatic carbocycles. The Kier molecular flexibility index (Phi) is 4.24. The normalized spacial score (nSPS) is 9.36. The van der Waals surface area contributed by atoms with Gasteiger partial charge in [0.2, 0.25) is 0 Å². The maximum Gasteiger partial charge on any atom is 0.326 e. The molecule has 1 amide bonds. The fourth-order valence-corrected chi connectivity index (χ4v) is 0.832. The van der Waals surface area contributed by atoms with Crippen molar-refractivity contribution >= 4 is 6.03 Å². The minimum atomic E-state index is -0.230. The highest BCUT2D eigenvalue weighted by Crippen LogP contribution is 1.83. The van der Waals surface area contributed by atoms with Gasteiger partial charge in [0.15, 0.2) is 0 Å². The third-order valence-corrected chi connectivity index (χ3v) is 1.45. The van der Waals surface area contributed by atoms with E-state index in [1.165, 1.54) is 17.1 Å². The summed E-state index contributed by atoms with van der Waals surface area (Å²) in [5, 5.41) is 2.63. The summed E-state index contributed by atoms with van der Waals surface area (Å²) in [4.78, 5) is 15.0. The first kappa shape index (κ1) is 10.3. The van der Waals surface area contributed by atoms with Crippen LogP contribution in [0.4, 0.5) is 4.79 Å². The number of ether oxygens (including phenoxy) is 1. The van der Waals surface area contributed by atoms with Gasteiger partial charge in [-0.25, -0.2) is 9.78 Å². The van der Waals surface area contributed by atoms with Crippen molar-refractivity contribution in [2.24, 2.45) is 0 Å². The van der Waals surface area contributed by atoms with Crippen LogP contribution < -0.4 is 5.32 Å². The molecule has 1 rings (SSSR count). The fourth-order valence-electron chi connectivity index (χ4n) is 0.832. The standard InChI is InChI=1S/C9H11N3O2/c1-2-6-14-7-4-11-9(13)12-5-3-10-8-12/h1,3,5,8H,4,6-7H2,(H,11,13). The van der Waals surface area contributed by atoms with E-state index in [0.29, 0.717) is 13.2 Å². The Bertz CT molecular complexity index is 313. The van der Waals surface area contributed by atoms with Crippen molar-refractivity contribution in [1.29, 1.82) is 0 Å². The molecule has 0 aliphatic rings. The van der Waals surface area contributed by atoms with Crippen LogP contribution in [0.5, 0.6) is 0 Å². The topological polar surface area (TPSA) is 56.1 Å². The van der Waals surface area contributed by atoms with Gasteiger partial charge in [0, 0.05) is 18.9 Å². The van der Waals surface area contributed by atoms with Gasteiger partial charge in [0.25, 0.3) is 0 Å². The van der Waals surface area contributed by atoms with E-state index < -0.39 is 0 Å². The second-order valence-corrected chi connectivity index (χ2v) is 2.46. The van der Waals surface area contributed by atoms with E-state index in [1.807, 2.05) is 0 Å². The second-order valence-electron chi connectivity index (χ2n) is 2.46. The molecule has 0 unspecified atom stereocenters. The van der Waals surface area contributed by atoms with E-state index in [4.69, 9.17) is 11.2 Å². The maximum atomic E-state index is 11.3. The summed E-state index contributed by atoms with van der Waals surface area (Å²) in [6, 6.07) is -0.230. The van der Waals surface area contributed by atoms with Crippen molar-refractivity contribution in [2.45, 2.75) is 0 Å². The number of hydrogen-bond acceptors (Lipinski definition) is 3. The summed E-state index contributed by atoms with van der Waals surface area (Å²) < 4.78 is 6.32. The monoisotopic (exact) mass is 193 g/mol. The van der Waals surface area contributed by atoms with Crippen LogP contribution in [-0.2, 0) is 4.74 Å². The number of nitrogens with zero attached hydrogens (tertiary/aromatic N) is 2. The zero-order valence-corrected chi connectivity index (χ0v) is 7.64. The Balaban J connectivity index is 2.14. The molecular weight excluding hydrogens is 182 g/mol. The van der Waals surface area contributed by atoms with Crippen LogP contribution in [0.2, 0.25) is 0 Å². The Morgan fingerprint density at radius 3 is 3.21 bits per heavy atom. The lowest BCUT2D eigenvalue weighted by molar-refractivity contribution is 0.168. The predicted octanol–water partition coefficient (Wildman–Crippen LogP) is 0.0906. The first-order valence-corrected chi connectivity index (χ1v) is 4.12. The molecule has 0 atom stereocenters. The highest BCUT2D eigenvalue weighted by Gasteiger charge is 2.00. The molecule has 0 aliphatic heterocycles. The van der Waals surface area contributed by atoms with Crippen LogP contribution in [0.25, 0.3) is 0 Å². The predicted molar refractivity (Wildman–Crippen MR) is 50.7 cm³/mol. The number of carbonyl (C=O) groups is 1. The van der Waals surface area contributed by atoms with Crippen molar-refractivity contribution in [3.8, 4) is 12.3 Å². The molecule has 5 nitrogen and oxygen atoms in total. The van der Waals surface area contributed by atoms with Gasteiger partial charge >= 0.3 is 6.03 Å². The molecule has 1 aromatic heterocycles. The van der Waals surface area contributed by atoms with Gasteiger partial charge in [0.05, 0.1) is 6.61 Å². The van der Waals surface area contributed by atoms with Crippen molar-refractivity contribution in [1.82, 2.24) is 14.9 Å². The van der Waals surface area contributed by atoms with Gasteiger partial charge in [-0.15, -0.1) is 6.42 Å². The van der Waals surface area contributed by atoms with Crippen LogP contribution in [0.1, 0.15) is 0 Å². The van der Waals surface area contributed by atoms with Gasteiger partial charge in [-0.1, -0.05) is 5.92 Å². The van der Waals surface area contributed by atoms with Crippen molar-refractivity contribution in [2.75, 3.05) is 19.8 Å². The lowest BCUT2D eigenvalue weighted by atomic mass is 10.6. The quantitative estimate of drug-likeness (QED) is 0.544. The first-order valence-electron chi connectivity index (χ1n) is 4.12. The molecule has 5 heteroatoms. The SMILES string of the molecule is C#CCOCCNC(=O)n1ccnc1. The molecule has 1 heterocycles. The van der Waals surface area contributed by atoms with Gasteiger partial charge in [-0.05, 0) is 0 Å². The Labute approximate surface area is 82.1 Å². The summed E-state index contributed by atoms with van der Waals surface area (Å²) in [5.74, 6) is 2.33. The van der Waals surface area contributed by atoms with E-state index in [9.17, 15) is 4.79 Å². The van der Waals surface area contributed by atoms with E-state index >= 15 is 0 Å². The van der Waals surface area contributed by atoms with Gasteiger partial charge in [0.1, 0.15) is 12.9 Å². The summed E-state index contributed by atoms with van der Waals surface area (Å²) in [5.41, 5.74) is 0. The van der Waals surface area contributed by atoms with Crippen LogP contribution in [0.15, 0.2) is 18.7 Å². The smallest absolute Gasteiger partial charge is 0.326 e. The number of imidazole rings is 1. The van der Waals surface area contributed by atoms with E-state index in [2.05, 4.69) is 16.2 Å². The maximum absolute atomic E-state index is 11.3. The molecule has 0 aliphatic carbocycles. The van der Waals surface area contributed by atoms with Crippen LogP contribution in [0.3, 0.4) is 0 Å². The third kappa shape index (κ3) is 3.29. The minimum absolute atomic E-state index is 0.230. The third-order valence-electron chi connectivity index (χ3n) is 1.45. The largest absolute Gasteiger partial charge is 0.367 e. The summed E-state index contributed by atoms with van der Waals surface area (Å²) in [7, 11) is 0. The second kappa shape index (κ2) is 5.78. The number of rotatable bonds is 4. The molecule has 1 N–H and O–H groups in total. The Hall–Kier alpha value is -1.80. The van der Waals surface area contributed by atoms with Gasteiger partial charge in [-0.3, -0.25) is 4.57 Å². The molecule has 0 radical (unpaired) electrons. The fraction of sp³-hybridized carbons (Fsp3) is 0.333. The number of aromatic nitrogens is 2. The average molecular weight is 193 g/mol. The summed E-state index contributed by atoms with van der Waals surface area (Å²) in [6.07, 6.45) is 9.50. The van der Waals surface area contributed by atoms with E-state index in [-0.39, 0.29) is 12.6 Å². The van der Waals surface area contributed by atoms with Gasteiger partial charge in [-0.2, -0.15) is 0 Å². The summed E-state index contributed by atoms with van der Waals surface area (Å²) in [6.45, 7) is 1.10. The molecular formula is C9H11N3O2. The van der Waals surface area contributed by atoms with Crippen LogP contribution in [-0.4, -0.2) is 35.3 Å². The molecule has 1 aromatic rings. The molecule has 0 spiro atoms. The number of nitrogens with one attached hydrogen (secondary N) is 1. The van der Waals surface area contributed by atoms with E-state index in [1.54, 1.807) is 6.20 Å². The average Bonchev–Trinajstić information content (AvgIpc) is 2.70. The lowest BCUT2D eigenvalue weighted by Crippen LogP contribution is -2.30. The molecule has 74 valence electrons. The molecule has 0 saturated heterocycles. The van der Waals surface area contributed by atoms with Gasteiger partial charge < -0.3 is 10.1 Å². The number of carbonyl (C=O) groups excluding carboxylic acids is 1. The Morgan fingerprint density at radius 1 is 1.71 bits per heavy atom. The van der Waals surface area contributed by atoms with Crippen molar-refractivity contribution < 1.29 is 9.53 Å². The van der Waals surface area contributed by atoms with Crippen molar-refractivity contribution in [3.63, 3.8) is 0 Å². The first-order chi connectivity index (χ1) is 6.84. The highest BCUT2D eigenvalue weighted by atomic mass is 16.5. The molecule has 0 saturated carbocycles. The summed E-state index contributed by atoms with van der Waals surface area (Å²) >= 11 is 0. The highest BCUT2D eigenvalue weighted by molar-refractivity contribution is 5.76. The minimum Gasteiger partial charge on any atom is -0.367 e.